The molecule has 0 spiro atoms. The number of methoxy groups -OCH3 is 1. The molecule has 1 unspecified atom stereocenters. The van der Waals surface area contributed by atoms with Gasteiger partial charge in [-0.05, 0) is 43.5 Å². The molecule has 3 heteroatoms. The van der Waals surface area contributed by atoms with E-state index in [1.54, 1.807) is 7.11 Å². The van der Waals surface area contributed by atoms with Gasteiger partial charge in [-0.1, -0.05) is 19.9 Å². The smallest absolute Gasteiger partial charge is 0.161 e. The van der Waals surface area contributed by atoms with Crippen molar-refractivity contribution >= 4 is 0 Å². The molecule has 3 nitrogen and oxygen atoms in total. The van der Waals surface area contributed by atoms with Crippen molar-refractivity contribution in [2.24, 2.45) is 5.92 Å². The summed E-state index contributed by atoms with van der Waals surface area (Å²) in [6.07, 6.45) is 0. The summed E-state index contributed by atoms with van der Waals surface area (Å²) in [5.41, 5.74) is 1.29. The van der Waals surface area contributed by atoms with Crippen LogP contribution in [0.3, 0.4) is 0 Å². The molecule has 0 bridgehead atoms. The van der Waals surface area contributed by atoms with Gasteiger partial charge in [-0.2, -0.15) is 0 Å². The molecule has 0 fully saturated rings. The SMILES string of the molecule is CCOc1ccc(C(CNC)C(C)C)cc1OC. The Bertz CT molecular complexity index is 364. The maximum absolute atomic E-state index is 5.54. The second-order valence-corrected chi connectivity index (χ2v) is 4.75. The quantitative estimate of drug-likeness (QED) is 0.808. The van der Waals surface area contributed by atoms with Gasteiger partial charge in [0.2, 0.25) is 0 Å². The number of likely N-dealkylation sites (N-methyl/N-ethyl adjacent to an activating group) is 1. The van der Waals surface area contributed by atoms with Crippen LogP contribution in [0.25, 0.3) is 0 Å². The van der Waals surface area contributed by atoms with Gasteiger partial charge in [-0.3, -0.25) is 0 Å². The summed E-state index contributed by atoms with van der Waals surface area (Å²) in [5.74, 6) is 2.70. The van der Waals surface area contributed by atoms with Crippen LogP contribution in [0.5, 0.6) is 11.5 Å². The third-order valence-corrected chi connectivity index (χ3v) is 3.14. The van der Waals surface area contributed by atoms with Crippen molar-refractivity contribution in [3.63, 3.8) is 0 Å². The van der Waals surface area contributed by atoms with Crippen molar-refractivity contribution in [3.8, 4) is 11.5 Å². The topological polar surface area (TPSA) is 30.5 Å². The zero-order chi connectivity index (χ0) is 13.5. The first-order chi connectivity index (χ1) is 8.63. The molecule has 0 aliphatic rings. The Kier molecular flexibility index (Phi) is 5.99. The van der Waals surface area contributed by atoms with Gasteiger partial charge in [0, 0.05) is 6.54 Å². The molecule has 0 heterocycles. The number of nitrogens with one attached hydrogen (secondary N) is 1. The Hall–Kier alpha value is -1.22. The Morgan fingerprint density at radius 1 is 1.22 bits per heavy atom. The average Bonchev–Trinajstić information content (AvgIpc) is 2.36. The van der Waals surface area contributed by atoms with E-state index in [4.69, 9.17) is 9.47 Å². The fourth-order valence-corrected chi connectivity index (χ4v) is 2.15. The second kappa shape index (κ2) is 7.27. The molecule has 0 aliphatic carbocycles. The van der Waals surface area contributed by atoms with E-state index in [0.717, 1.165) is 18.0 Å². The van der Waals surface area contributed by atoms with E-state index in [9.17, 15) is 0 Å². The highest BCUT2D eigenvalue weighted by atomic mass is 16.5. The van der Waals surface area contributed by atoms with E-state index < -0.39 is 0 Å². The largest absolute Gasteiger partial charge is 0.493 e. The number of benzene rings is 1. The van der Waals surface area contributed by atoms with E-state index in [0.29, 0.717) is 18.4 Å². The van der Waals surface area contributed by atoms with Crippen molar-refractivity contribution < 1.29 is 9.47 Å². The maximum atomic E-state index is 5.54. The lowest BCUT2D eigenvalue weighted by Gasteiger charge is -2.22. The summed E-state index contributed by atoms with van der Waals surface area (Å²) in [6, 6.07) is 6.23. The van der Waals surface area contributed by atoms with Crippen LogP contribution in [-0.2, 0) is 0 Å². The zero-order valence-corrected chi connectivity index (χ0v) is 12.1. The Labute approximate surface area is 110 Å². The van der Waals surface area contributed by atoms with Gasteiger partial charge in [0.05, 0.1) is 13.7 Å². The minimum Gasteiger partial charge on any atom is -0.493 e. The summed E-state index contributed by atoms with van der Waals surface area (Å²) in [7, 11) is 3.67. The maximum Gasteiger partial charge on any atom is 0.161 e. The van der Waals surface area contributed by atoms with Crippen molar-refractivity contribution in [1.29, 1.82) is 0 Å². The van der Waals surface area contributed by atoms with Crippen LogP contribution in [0, 0.1) is 5.92 Å². The first-order valence-corrected chi connectivity index (χ1v) is 6.59. The lowest BCUT2D eigenvalue weighted by molar-refractivity contribution is 0.310. The summed E-state index contributed by atoms with van der Waals surface area (Å²) in [4.78, 5) is 0. The van der Waals surface area contributed by atoms with Crippen LogP contribution in [0.2, 0.25) is 0 Å². The molecule has 102 valence electrons. The first-order valence-electron chi connectivity index (χ1n) is 6.59. The van der Waals surface area contributed by atoms with Gasteiger partial charge in [0.15, 0.2) is 11.5 Å². The highest BCUT2D eigenvalue weighted by Crippen LogP contribution is 2.33. The van der Waals surface area contributed by atoms with Crippen molar-refractivity contribution in [2.45, 2.75) is 26.7 Å². The fraction of sp³-hybridized carbons (Fsp3) is 0.600. The molecular weight excluding hydrogens is 226 g/mol. The molecule has 0 saturated heterocycles. The van der Waals surface area contributed by atoms with E-state index in [2.05, 4.69) is 31.3 Å². The number of rotatable bonds is 7. The van der Waals surface area contributed by atoms with Crippen LogP contribution in [-0.4, -0.2) is 27.3 Å². The molecule has 0 amide bonds. The predicted molar refractivity (Wildman–Crippen MR) is 75.7 cm³/mol. The molecule has 1 N–H and O–H groups in total. The van der Waals surface area contributed by atoms with Crippen molar-refractivity contribution in [3.05, 3.63) is 23.8 Å². The molecule has 1 rings (SSSR count). The molecule has 0 aliphatic heterocycles. The average molecular weight is 251 g/mol. The normalized spacial score (nSPS) is 12.6. The van der Waals surface area contributed by atoms with Gasteiger partial charge in [-0.15, -0.1) is 0 Å². The van der Waals surface area contributed by atoms with Gasteiger partial charge in [0.25, 0.3) is 0 Å². The van der Waals surface area contributed by atoms with E-state index in [1.807, 2.05) is 20.0 Å². The lowest BCUT2D eigenvalue weighted by atomic mass is 9.88. The van der Waals surface area contributed by atoms with Crippen LogP contribution in [0.1, 0.15) is 32.3 Å². The molecule has 1 aromatic carbocycles. The van der Waals surface area contributed by atoms with Crippen LogP contribution in [0.4, 0.5) is 0 Å². The van der Waals surface area contributed by atoms with Crippen LogP contribution < -0.4 is 14.8 Å². The van der Waals surface area contributed by atoms with Gasteiger partial charge < -0.3 is 14.8 Å². The van der Waals surface area contributed by atoms with Gasteiger partial charge in [0.1, 0.15) is 0 Å². The Morgan fingerprint density at radius 2 is 1.94 bits per heavy atom. The summed E-state index contributed by atoms with van der Waals surface area (Å²) in [5, 5.41) is 3.25. The minimum atomic E-state index is 0.486. The van der Waals surface area contributed by atoms with Crippen LogP contribution >= 0.6 is 0 Å². The van der Waals surface area contributed by atoms with Gasteiger partial charge >= 0.3 is 0 Å². The van der Waals surface area contributed by atoms with Crippen molar-refractivity contribution in [2.75, 3.05) is 27.3 Å². The predicted octanol–water partition coefficient (Wildman–Crippen LogP) is 3.05. The lowest BCUT2D eigenvalue weighted by Crippen LogP contribution is -2.21. The first kappa shape index (κ1) is 14.8. The monoisotopic (exact) mass is 251 g/mol. The van der Waals surface area contributed by atoms with E-state index in [1.165, 1.54) is 5.56 Å². The molecule has 1 aromatic rings. The molecule has 1 atom stereocenters. The fourth-order valence-electron chi connectivity index (χ4n) is 2.15. The highest BCUT2D eigenvalue weighted by Gasteiger charge is 2.17. The third kappa shape index (κ3) is 3.64. The van der Waals surface area contributed by atoms with E-state index in [-0.39, 0.29) is 0 Å². The van der Waals surface area contributed by atoms with Crippen molar-refractivity contribution in [1.82, 2.24) is 5.32 Å². The summed E-state index contributed by atoms with van der Waals surface area (Å²) in [6.45, 7) is 8.08. The Morgan fingerprint density at radius 3 is 2.44 bits per heavy atom. The molecule has 18 heavy (non-hydrogen) atoms. The van der Waals surface area contributed by atoms with E-state index >= 15 is 0 Å². The minimum absolute atomic E-state index is 0.486. The molecule has 0 radical (unpaired) electrons. The highest BCUT2D eigenvalue weighted by molar-refractivity contribution is 5.44. The second-order valence-electron chi connectivity index (χ2n) is 4.75. The number of hydrogen-bond acceptors (Lipinski definition) is 3. The number of ether oxygens (including phenoxy) is 2. The summed E-state index contributed by atoms with van der Waals surface area (Å²) < 4.78 is 10.9. The number of hydrogen-bond donors (Lipinski definition) is 1. The molecular formula is C15H25NO2. The summed E-state index contributed by atoms with van der Waals surface area (Å²) >= 11 is 0. The molecule has 0 saturated carbocycles. The van der Waals surface area contributed by atoms with Gasteiger partial charge in [-0.25, -0.2) is 0 Å². The van der Waals surface area contributed by atoms with Crippen LogP contribution in [0.15, 0.2) is 18.2 Å². The third-order valence-electron chi connectivity index (χ3n) is 3.14. The molecule has 0 aromatic heterocycles. The Balaban J connectivity index is 3.01. The zero-order valence-electron chi connectivity index (χ0n) is 12.1. The standard InChI is InChI=1S/C15H25NO2/c1-6-18-14-8-7-12(9-15(14)17-5)13(10-16-4)11(2)3/h7-9,11,13,16H,6,10H2,1-5H3.